The zero-order valence-corrected chi connectivity index (χ0v) is 11.9. The van der Waals surface area contributed by atoms with Crippen molar-refractivity contribution >= 4 is 15.8 Å². The van der Waals surface area contributed by atoms with Crippen molar-refractivity contribution < 1.29 is 12.8 Å². The minimum absolute atomic E-state index is 0.0586. The van der Waals surface area contributed by atoms with Crippen molar-refractivity contribution in [2.24, 2.45) is 0 Å². The van der Waals surface area contributed by atoms with Gasteiger partial charge in [-0.25, -0.2) is 27.8 Å². The average Bonchev–Trinajstić information content (AvgIpc) is 3.02. The molecular formula is C13H10FN5O2S. The van der Waals surface area contributed by atoms with Crippen LogP contribution < -0.4 is 4.72 Å². The predicted molar refractivity (Wildman–Crippen MR) is 76.4 cm³/mol. The minimum Gasteiger partial charge on any atom is -0.290 e. The number of benzene rings is 1. The van der Waals surface area contributed by atoms with Crippen LogP contribution in [0.4, 0.5) is 10.2 Å². The van der Waals surface area contributed by atoms with Crippen LogP contribution in [0.15, 0.2) is 60.3 Å². The third-order valence-electron chi connectivity index (χ3n) is 2.78. The molecule has 7 nitrogen and oxygen atoms in total. The Hall–Kier alpha value is -2.81. The zero-order valence-electron chi connectivity index (χ0n) is 11.1. The largest absolute Gasteiger partial charge is 0.290 e. The van der Waals surface area contributed by atoms with Crippen LogP contribution in [0.3, 0.4) is 0 Å². The molecule has 0 amide bonds. The SMILES string of the molecule is O=S(=O)(Nc1cc(-n2ccnc2)ncn1)c1ccc(F)cc1. The van der Waals surface area contributed by atoms with E-state index in [1.807, 2.05) is 0 Å². The van der Waals surface area contributed by atoms with Crippen molar-refractivity contribution in [1.82, 2.24) is 19.5 Å². The molecule has 0 aliphatic rings. The van der Waals surface area contributed by atoms with E-state index in [0.29, 0.717) is 5.82 Å². The van der Waals surface area contributed by atoms with Crippen LogP contribution in [-0.2, 0) is 10.0 Å². The van der Waals surface area contributed by atoms with Crippen molar-refractivity contribution in [3.63, 3.8) is 0 Å². The Labute approximate surface area is 125 Å². The number of sulfonamides is 1. The van der Waals surface area contributed by atoms with Gasteiger partial charge in [0.25, 0.3) is 10.0 Å². The van der Waals surface area contributed by atoms with Crippen LogP contribution in [0.1, 0.15) is 0 Å². The van der Waals surface area contributed by atoms with Gasteiger partial charge in [-0.1, -0.05) is 0 Å². The summed E-state index contributed by atoms with van der Waals surface area (Å²) in [5, 5.41) is 0. The molecule has 112 valence electrons. The fourth-order valence-corrected chi connectivity index (χ4v) is 2.75. The van der Waals surface area contributed by atoms with E-state index in [-0.39, 0.29) is 10.7 Å². The summed E-state index contributed by atoms with van der Waals surface area (Å²) >= 11 is 0. The Morgan fingerprint density at radius 1 is 1.14 bits per heavy atom. The van der Waals surface area contributed by atoms with Crippen molar-refractivity contribution in [2.75, 3.05) is 4.72 Å². The Morgan fingerprint density at radius 3 is 2.59 bits per heavy atom. The highest BCUT2D eigenvalue weighted by Crippen LogP contribution is 2.16. The Balaban J connectivity index is 1.89. The predicted octanol–water partition coefficient (Wildman–Crippen LogP) is 1.60. The van der Waals surface area contributed by atoms with E-state index >= 15 is 0 Å². The van der Waals surface area contributed by atoms with Crippen LogP contribution in [-0.4, -0.2) is 27.9 Å². The molecule has 2 heterocycles. The summed E-state index contributed by atoms with van der Waals surface area (Å²) in [6, 6.07) is 5.96. The highest BCUT2D eigenvalue weighted by molar-refractivity contribution is 7.92. The number of anilines is 1. The molecule has 1 aromatic carbocycles. The van der Waals surface area contributed by atoms with E-state index in [2.05, 4.69) is 19.7 Å². The molecule has 1 N–H and O–H groups in total. The van der Waals surface area contributed by atoms with Crippen LogP contribution in [0.25, 0.3) is 5.82 Å². The summed E-state index contributed by atoms with van der Waals surface area (Å²) in [6.07, 6.45) is 6.00. The monoisotopic (exact) mass is 319 g/mol. The quantitative estimate of drug-likeness (QED) is 0.789. The van der Waals surface area contributed by atoms with E-state index in [1.165, 1.54) is 30.9 Å². The number of imidazole rings is 1. The Morgan fingerprint density at radius 2 is 1.91 bits per heavy atom. The lowest BCUT2D eigenvalue weighted by atomic mass is 10.4. The van der Waals surface area contributed by atoms with E-state index in [4.69, 9.17) is 0 Å². The van der Waals surface area contributed by atoms with Gasteiger partial charge < -0.3 is 0 Å². The van der Waals surface area contributed by atoms with Gasteiger partial charge in [0.1, 0.15) is 30.1 Å². The first-order valence-electron chi connectivity index (χ1n) is 6.13. The fourth-order valence-electron chi connectivity index (χ4n) is 1.75. The summed E-state index contributed by atoms with van der Waals surface area (Å²) in [6.45, 7) is 0. The van der Waals surface area contributed by atoms with Crippen molar-refractivity contribution in [3.05, 3.63) is 61.2 Å². The molecule has 0 spiro atoms. The van der Waals surface area contributed by atoms with Gasteiger partial charge in [0.15, 0.2) is 0 Å². The van der Waals surface area contributed by atoms with E-state index < -0.39 is 15.8 Å². The van der Waals surface area contributed by atoms with Gasteiger partial charge in [-0.05, 0) is 24.3 Å². The highest BCUT2D eigenvalue weighted by atomic mass is 32.2. The Kier molecular flexibility index (Phi) is 3.55. The van der Waals surface area contributed by atoms with Gasteiger partial charge in [0, 0.05) is 18.5 Å². The van der Waals surface area contributed by atoms with E-state index in [0.717, 1.165) is 12.1 Å². The van der Waals surface area contributed by atoms with Crippen LogP contribution in [0, 0.1) is 5.82 Å². The summed E-state index contributed by atoms with van der Waals surface area (Å²) in [5.74, 6) is 0.0516. The molecule has 3 rings (SSSR count). The second-order valence-electron chi connectivity index (χ2n) is 4.29. The topological polar surface area (TPSA) is 89.8 Å². The molecule has 3 aromatic rings. The first-order valence-corrected chi connectivity index (χ1v) is 7.62. The highest BCUT2D eigenvalue weighted by Gasteiger charge is 2.15. The lowest BCUT2D eigenvalue weighted by Gasteiger charge is -2.08. The fraction of sp³-hybridized carbons (Fsp3) is 0. The molecule has 22 heavy (non-hydrogen) atoms. The van der Waals surface area contributed by atoms with E-state index in [1.54, 1.807) is 17.0 Å². The summed E-state index contributed by atoms with van der Waals surface area (Å²) in [7, 11) is -3.85. The molecule has 0 saturated carbocycles. The van der Waals surface area contributed by atoms with Gasteiger partial charge >= 0.3 is 0 Å². The second kappa shape index (κ2) is 5.53. The van der Waals surface area contributed by atoms with Crippen molar-refractivity contribution in [2.45, 2.75) is 4.90 Å². The van der Waals surface area contributed by atoms with E-state index in [9.17, 15) is 12.8 Å². The molecule has 0 saturated heterocycles. The summed E-state index contributed by atoms with van der Waals surface area (Å²) in [4.78, 5) is 11.7. The van der Waals surface area contributed by atoms with Crippen molar-refractivity contribution in [1.29, 1.82) is 0 Å². The molecule has 0 radical (unpaired) electrons. The number of halogens is 1. The van der Waals surface area contributed by atoms with Gasteiger partial charge in [0.05, 0.1) is 4.90 Å². The van der Waals surface area contributed by atoms with Crippen LogP contribution in [0.2, 0.25) is 0 Å². The molecule has 0 fully saturated rings. The normalized spacial score (nSPS) is 11.3. The number of nitrogens with one attached hydrogen (secondary N) is 1. The van der Waals surface area contributed by atoms with Gasteiger partial charge in [-0.15, -0.1) is 0 Å². The van der Waals surface area contributed by atoms with Crippen LogP contribution >= 0.6 is 0 Å². The third-order valence-corrected chi connectivity index (χ3v) is 4.16. The summed E-state index contributed by atoms with van der Waals surface area (Å²) in [5.41, 5.74) is 0. The molecule has 0 bridgehead atoms. The molecule has 9 heteroatoms. The van der Waals surface area contributed by atoms with Gasteiger partial charge in [-0.2, -0.15) is 0 Å². The zero-order chi connectivity index (χ0) is 15.6. The maximum absolute atomic E-state index is 12.9. The maximum Gasteiger partial charge on any atom is 0.263 e. The van der Waals surface area contributed by atoms with Crippen molar-refractivity contribution in [3.8, 4) is 5.82 Å². The Bertz CT molecular complexity index is 879. The number of hydrogen-bond acceptors (Lipinski definition) is 5. The molecule has 0 unspecified atom stereocenters. The lowest BCUT2D eigenvalue weighted by Crippen LogP contribution is -2.14. The molecular weight excluding hydrogens is 309 g/mol. The minimum atomic E-state index is -3.85. The first kappa shape index (κ1) is 14.1. The third kappa shape index (κ3) is 2.93. The second-order valence-corrected chi connectivity index (χ2v) is 5.97. The number of rotatable bonds is 4. The van der Waals surface area contributed by atoms with Gasteiger partial charge in [-0.3, -0.25) is 9.29 Å². The summed E-state index contributed by atoms with van der Waals surface area (Å²) < 4.78 is 41.2. The van der Waals surface area contributed by atoms with Crippen LogP contribution in [0.5, 0.6) is 0 Å². The maximum atomic E-state index is 12.9. The standard InChI is InChI=1S/C13H10FN5O2S/c14-10-1-3-11(4-2-10)22(20,21)18-12-7-13(17-8-16-12)19-6-5-15-9-19/h1-9H,(H,16,17,18). The molecule has 0 aliphatic heterocycles. The lowest BCUT2D eigenvalue weighted by molar-refractivity contribution is 0.599. The smallest absolute Gasteiger partial charge is 0.263 e. The number of hydrogen-bond donors (Lipinski definition) is 1. The molecule has 2 aromatic heterocycles. The number of nitrogens with zero attached hydrogens (tertiary/aromatic N) is 4. The average molecular weight is 319 g/mol. The molecule has 0 aliphatic carbocycles. The van der Waals surface area contributed by atoms with Gasteiger partial charge in [0.2, 0.25) is 0 Å². The number of aromatic nitrogens is 4. The molecule has 0 atom stereocenters. The first-order chi connectivity index (χ1) is 10.5.